The molecule has 6 nitrogen and oxygen atoms in total. The zero-order chi connectivity index (χ0) is 16.3. The first kappa shape index (κ1) is 15.9. The lowest BCUT2D eigenvalue weighted by Gasteiger charge is -2.15. The molecule has 2 rings (SSSR count). The maximum atomic E-state index is 13.9. The van der Waals surface area contributed by atoms with Gasteiger partial charge in [-0.2, -0.15) is 5.10 Å². The molecule has 0 radical (unpaired) electrons. The van der Waals surface area contributed by atoms with Crippen LogP contribution >= 0.6 is 0 Å². The van der Waals surface area contributed by atoms with Crippen LogP contribution < -0.4 is 15.4 Å². The summed E-state index contributed by atoms with van der Waals surface area (Å²) < 4.78 is 33.7. The van der Waals surface area contributed by atoms with E-state index in [9.17, 15) is 13.6 Å². The molecule has 22 heavy (non-hydrogen) atoms. The fourth-order valence-electron chi connectivity index (χ4n) is 2.02. The van der Waals surface area contributed by atoms with Gasteiger partial charge in [-0.15, -0.1) is 0 Å². The van der Waals surface area contributed by atoms with E-state index in [1.807, 2.05) is 0 Å². The summed E-state index contributed by atoms with van der Waals surface area (Å²) in [5.74, 6) is -2.30. The zero-order valence-electron chi connectivity index (χ0n) is 12.4. The molecule has 118 valence electrons. The van der Waals surface area contributed by atoms with Crippen LogP contribution in [0.4, 0.5) is 14.5 Å². The third-order valence-electron chi connectivity index (χ3n) is 3.11. The Morgan fingerprint density at radius 3 is 2.64 bits per heavy atom. The molecule has 0 saturated carbocycles. The van der Waals surface area contributed by atoms with Crippen LogP contribution in [0.3, 0.4) is 0 Å². The van der Waals surface area contributed by atoms with Crippen LogP contribution in [-0.2, 0) is 11.8 Å². The number of methoxy groups -OCH3 is 1. The molecule has 1 aromatic carbocycles. The largest absolute Gasteiger partial charge is 0.494 e. The number of nitrogens with zero attached hydrogens (tertiary/aromatic N) is 2. The van der Waals surface area contributed by atoms with E-state index in [-0.39, 0.29) is 11.4 Å². The van der Waals surface area contributed by atoms with E-state index < -0.39 is 23.6 Å². The van der Waals surface area contributed by atoms with Crippen molar-refractivity contribution < 1.29 is 18.3 Å². The van der Waals surface area contributed by atoms with Gasteiger partial charge in [0.05, 0.1) is 19.0 Å². The van der Waals surface area contributed by atoms with Crippen LogP contribution in [0, 0.1) is 11.6 Å². The Kier molecular flexibility index (Phi) is 4.71. The van der Waals surface area contributed by atoms with Crippen LogP contribution in [0.1, 0.15) is 11.6 Å². The fraction of sp³-hybridized carbons (Fsp3) is 0.286. The van der Waals surface area contributed by atoms with E-state index in [0.29, 0.717) is 5.56 Å². The normalized spacial score (nSPS) is 12.0. The number of amides is 1. The van der Waals surface area contributed by atoms with E-state index in [2.05, 4.69) is 20.5 Å². The summed E-state index contributed by atoms with van der Waals surface area (Å²) in [4.78, 5) is 12.2. The molecule has 1 atom stereocenters. The Morgan fingerprint density at radius 1 is 1.36 bits per heavy atom. The van der Waals surface area contributed by atoms with Crippen molar-refractivity contribution in [2.24, 2.45) is 7.05 Å². The molecule has 0 aliphatic carbocycles. The van der Waals surface area contributed by atoms with Gasteiger partial charge in [0.1, 0.15) is 6.04 Å². The van der Waals surface area contributed by atoms with Crippen molar-refractivity contribution in [1.29, 1.82) is 0 Å². The molecule has 0 saturated heterocycles. The maximum Gasteiger partial charge on any atom is 0.246 e. The molecule has 1 heterocycles. The van der Waals surface area contributed by atoms with Crippen LogP contribution in [0.15, 0.2) is 24.5 Å². The highest BCUT2D eigenvalue weighted by Crippen LogP contribution is 2.25. The average molecular weight is 310 g/mol. The van der Waals surface area contributed by atoms with Crippen LogP contribution in [0.2, 0.25) is 0 Å². The summed E-state index contributed by atoms with van der Waals surface area (Å²) in [5, 5.41) is 9.13. The molecule has 8 heteroatoms. The third-order valence-corrected chi connectivity index (χ3v) is 3.11. The number of anilines is 1. The number of hydrogen-bond acceptors (Lipinski definition) is 4. The topological polar surface area (TPSA) is 68.2 Å². The first-order valence-electron chi connectivity index (χ1n) is 6.46. The molecule has 1 amide bonds. The third kappa shape index (κ3) is 3.22. The second kappa shape index (κ2) is 6.52. The Hall–Kier alpha value is -2.48. The van der Waals surface area contributed by atoms with E-state index in [0.717, 1.165) is 12.1 Å². The summed E-state index contributed by atoms with van der Waals surface area (Å²) >= 11 is 0. The Bertz CT molecular complexity index is 687. The highest BCUT2D eigenvalue weighted by atomic mass is 19.1. The smallest absolute Gasteiger partial charge is 0.246 e. The van der Waals surface area contributed by atoms with Gasteiger partial charge in [-0.3, -0.25) is 9.48 Å². The second-order valence-corrected chi connectivity index (χ2v) is 4.62. The Balaban J connectivity index is 2.22. The SMILES string of the molecule is CNC(C(=O)Nc1cc(F)c(OC)cc1F)c1cnn(C)c1. The van der Waals surface area contributed by atoms with Crippen molar-refractivity contribution in [3.05, 3.63) is 41.7 Å². The van der Waals surface area contributed by atoms with Crippen LogP contribution in [0.5, 0.6) is 5.75 Å². The predicted octanol–water partition coefficient (Wildman–Crippen LogP) is 1.61. The predicted molar refractivity (Wildman–Crippen MR) is 76.5 cm³/mol. The van der Waals surface area contributed by atoms with Gasteiger partial charge in [-0.1, -0.05) is 0 Å². The van der Waals surface area contributed by atoms with Crippen LogP contribution in [0.25, 0.3) is 0 Å². The molecule has 0 bridgehead atoms. The van der Waals surface area contributed by atoms with Gasteiger partial charge in [0.25, 0.3) is 0 Å². The molecular formula is C14H16F2N4O2. The Morgan fingerprint density at radius 2 is 2.09 bits per heavy atom. The van der Waals surface area contributed by atoms with E-state index >= 15 is 0 Å². The lowest BCUT2D eigenvalue weighted by Crippen LogP contribution is -2.30. The summed E-state index contributed by atoms with van der Waals surface area (Å²) in [7, 11) is 4.53. The van der Waals surface area contributed by atoms with Gasteiger partial charge >= 0.3 is 0 Å². The van der Waals surface area contributed by atoms with Gasteiger partial charge in [-0.25, -0.2) is 8.78 Å². The minimum atomic E-state index is -0.785. The van der Waals surface area contributed by atoms with E-state index in [4.69, 9.17) is 0 Å². The van der Waals surface area contributed by atoms with E-state index in [1.165, 1.54) is 13.3 Å². The quantitative estimate of drug-likeness (QED) is 0.880. The standard InChI is InChI=1S/C14H16F2N4O2/c1-17-13(8-6-18-20(2)7-8)14(21)19-11-4-10(16)12(22-3)5-9(11)15/h4-7,13,17H,1-3H3,(H,19,21). The number of hydrogen-bond donors (Lipinski definition) is 2. The van der Waals surface area contributed by atoms with Gasteiger partial charge in [0, 0.05) is 30.9 Å². The van der Waals surface area contributed by atoms with Crippen molar-refractivity contribution in [3.63, 3.8) is 0 Å². The zero-order valence-corrected chi connectivity index (χ0v) is 12.4. The first-order chi connectivity index (χ1) is 10.5. The Labute approximate surface area is 126 Å². The minimum Gasteiger partial charge on any atom is -0.494 e. The lowest BCUT2D eigenvalue weighted by molar-refractivity contribution is -0.118. The van der Waals surface area contributed by atoms with Crippen LogP contribution in [-0.4, -0.2) is 29.8 Å². The number of rotatable bonds is 5. The monoisotopic (exact) mass is 310 g/mol. The number of nitrogens with one attached hydrogen (secondary N) is 2. The lowest BCUT2D eigenvalue weighted by atomic mass is 10.1. The number of ether oxygens (including phenoxy) is 1. The summed E-state index contributed by atoms with van der Waals surface area (Å²) in [5.41, 5.74) is 0.351. The molecule has 2 aromatic rings. The number of aromatic nitrogens is 2. The van der Waals surface area contributed by atoms with Crippen molar-refractivity contribution in [2.75, 3.05) is 19.5 Å². The number of carbonyl (C=O) groups excluding carboxylic acids is 1. The highest BCUT2D eigenvalue weighted by Gasteiger charge is 2.22. The first-order valence-corrected chi connectivity index (χ1v) is 6.46. The number of carbonyl (C=O) groups is 1. The molecule has 2 N–H and O–H groups in total. The van der Waals surface area contributed by atoms with Crippen molar-refractivity contribution >= 4 is 11.6 Å². The molecule has 1 aromatic heterocycles. The highest BCUT2D eigenvalue weighted by molar-refractivity contribution is 5.95. The second-order valence-electron chi connectivity index (χ2n) is 4.62. The fourth-order valence-corrected chi connectivity index (χ4v) is 2.02. The molecule has 0 spiro atoms. The van der Waals surface area contributed by atoms with Crippen molar-refractivity contribution in [2.45, 2.75) is 6.04 Å². The number of aryl methyl sites for hydroxylation is 1. The van der Waals surface area contributed by atoms with Crippen molar-refractivity contribution in [3.8, 4) is 5.75 Å². The average Bonchev–Trinajstić information content (AvgIpc) is 2.89. The molecule has 0 aliphatic rings. The number of benzene rings is 1. The number of halogens is 2. The molecule has 0 fully saturated rings. The molecule has 1 unspecified atom stereocenters. The van der Waals surface area contributed by atoms with E-state index in [1.54, 1.807) is 25.0 Å². The molecular weight excluding hydrogens is 294 g/mol. The van der Waals surface area contributed by atoms with Gasteiger partial charge in [-0.05, 0) is 7.05 Å². The maximum absolute atomic E-state index is 13.9. The van der Waals surface area contributed by atoms with Crippen molar-refractivity contribution in [1.82, 2.24) is 15.1 Å². The van der Waals surface area contributed by atoms with Gasteiger partial charge in [0.15, 0.2) is 17.4 Å². The number of likely N-dealkylation sites (N-methyl/N-ethyl adjacent to an activating group) is 1. The summed E-state index contributed by atoms with van der Waals surface area (Å²) in [6, 6.07) is 1.02. The van der Waals surface area contributed by atoms with Gasteiger partial charge < -0.3 is 15.4 Å². The summed E-state index contributed by atoms with van der Waals surface area (Å²) in [6.45, 7) is 0. The molecule has 0 aliphatic heterocycles. The summed E-state index contributed by atoms with van der Waals surface area (Å²) in [6.07, 6.45) is 3.18. The minimum absolute atomic E-state index is 0.229. The van der Waals surface area contributed by atoms with Gasteiger partial charge in [0.2, 0.25) is 5.91 Å².